The minimum atomic E-state index is -0.388. The highest BCUT2D eigenvalue weighted by Gasteiger charge is 2.01. The molecule has 0 saturated carbocycles. The van der Waals surface area contributed by atoms with Crippen LogP contribution in [0.3, 0.4) is 0 Å². The molecule has 3 nitrogen and oxygen atoms in total. The second-order valence-electron chi connectivity index (χ2n) is 3.16. The molecule has 1 rings (SSSR count). The molecule has 1 aromatic rings. The first kappa shape index (κ1) is 13.0. The summed E-state index contributed by atoms with van der Waals surface area (Å²) in [6.45, 7) is 1.69. The molecule has 0 N–H and O–H groups in total. The highest BCUT2D eigenvalue weighted by Crippen LogP contribution is 2.17. The Balaban J connectivity index is 2.70. The summed E-state index contributed by atoms with van der Waals surface area (Å²) in [5.74, 6) is 5.11. The van der Waals surface area contributed by atoms with Crippen LogP contribution in [0.1, 0.15) is 18.9 Å². The molecule has 0 saturated heterocycles. The van der Waals surface area contributed by atoms with Crippen molar-refractivity contribution in [3.05, 3.63) is 29.6 Å². The van der Waals surface area contributed by atoms with E-state index in [0.717, 1.165) is 0 Å². The topological polar surface area (TPSA) is 35.5 Å². The second kappa shape index (κ2) is 6.54. The largest absolute Gasteiger partial charge is 0.495 e. The summed E-state index contributed by atoms with van der Waals surface area (Å²) in [6, 6.07) is 4.06. The predicted octanol–water partition coefficient (Wildman–Crippen LogP) is 2.14. The summed E-state index contributed by atoms with van der Waals surface area (Å²) in [7, 11) is 1.48. The number of esters is 1. The number of benzene rings is 1. The van der Waals surface area contributed by atoms with Crippen molar-refractivity contribution < 1.29 is 18.7 Å². The van der Waals surface area contributed by atoms with Crippen molar-refractivity contribution in [3.63, 3.8) is 0 Å². The Morgan fingerprint density at radius 1 is 1.47 bits per heavy atom. The van der Waals surface area contributed by atoms with Gasteiger partial charge in [0, 0.05) is 6.42 Å². The standard InChI is InChI=1S/C13H13FO3/c1-3-13(15)17-8-4-5-10-9-11(14)6-7-12(10)16-2/h6-7,9H,3,8H2,1-2H3. The molecule has 0 aromatic heterocycles. The van der Waals surface area contributed by atoms with Crippen LogP contribution >= 0.6 is 0 Å². The number of rotatable bonds is 3. The molecule has 0 aliphatic heterocycles. The van der Waals surface area contributed by atoms with Crippen molar-refractivity contribution in [2.75, 3.05) is 13.7 Å². The smallest absolute Gasteiger partial charge is 0.306 e. The Labute approximate surface area is 99.5 Å². The molecule has 0 spiro atoms. The van der Waals surface area contributed by atoms with Crippen LogP contribution < -0.4 is 4.74 Å². The molecule has 0 amide bonds. The lowest BCUT2D eigenvalue weighted by molar-refractivity contribution is -0.141. The van der Waals surface area contributed by atoms with E-state index in [-0.39, 0.29) is 18.4 Å². The van der Waals surface area contributed by atoms with E-state index in [1.807, 2.05) is 0 Å². The lowest BCUT2D eigenvalue weighted by atomic mass is 10.2. The molecule has 1 aromatic carbocycles. The number of hydrogen-bond acceptors (Lipinski definition) is 3. The van der Waals surface area contributed by atoms with E-state index in [2.05, 4.69) is 11.8 Å². The van der Waals surface area contributed by atoms with Gasteiger partial charge in [-0.25, -0.2) is 4.39 Å². The zero-order valence-electron chi connectivity index (χ0n) is 9.75. The van der Waals surface area contributed by atoms with Crippen LogP contribution in [-0.4, -0.2) is 19.7 Å². The van der Waals surface area contributed by atoms with E-state index in [1.54, 1.807) is 6.92 Å². The van der Waals surface area contributed by atoms with E-state index in [9.17, 15) is 9.18 Å². The first-order valence-electron chi connectivity index (χ1n) is 5.15. The maximum Gasteiger partial charge on any atom is 0.306 e. The highest BCUT2D eigenvalue weighted by atomic mass is 19.1. The average molecular weight is 236 g/mol. The fourth-order valence-electron chi connectivity index (χ4n) is 1.13. The molecular formula is C13H13FO3. The first-order chi connectivity index (χ1) is 8.17. The van der Waals surface area contributed by atoms with Crippen molar-refractivity contribution in [1.29, 1.82) is 0 Å². The molecule has 0 atom stereocenters. The Bertz CT molecular complexity index is 457. The van der Waals surface area contributed by atoms with Gasteiger partial charge >= 0.3 is 5.97 Å². The Morgan fingerprint density at radius 2 is 2.24 bits per heavy atom. The van der Waals surface area contributed by atoms with Crippen LogP contribution in [0, 0.1) is 17.7 Å². The minimum absolute atomic E-state index is 0.00760. The van der Waals surface area contributed by atoms with Crippen LogP contribution in [0.2, 0.25) is 0 Å². The first-order valence-corrected chi connectivity index (χ1v) is 5.15. The fourth-order valence-corrected chi connectivity index (χ4v) is 1.13. The fraction of sp³-hybridized carbons (Fsp3) is 0.308. The van der Waals surface area contributed by atoms with E-state index in [4.69, 9.17) is 9.47 Å². The van der Waals surface area contributed by atoms with Gasteiger partial charge in [-0.3, -0.25) is 4.79 Å². The molecule has 0 fully saturated rings. The van der Waals surface area contributed by atoms with Gasteiger partial charge in [-0.1, -0.05) is 18.8 Å². The molecule has 0 aliphatic rings. The van der Waals surface area contributed by atoms with Crippen molar-refractivity contribution in [2.24, 2.45) is 0 Å². The van der Waals surface area contributed by atoms with Crippen molar-refractivity contribution in [1.82, 2.24) is 0 Å². The maximum atomic E-state index is 13.0. The lowest BCUT2D eigenvalue weighted by Gasteiger charge is -2.02. The third-order valence-electron chi connectivity index (χ3n) is 1.98. The molecule has 0 unspecified atom stereocenters. The number of methoxy groups -OCH3 is 1. The highest BCUT2D eigenvalue weighted by molar-refractivity contribution is 5.69. The summed E-state index contributed by atoms with van der Waals surface area (Å²) in [5.41, 5.74) is 0.431. The molecular weight excluding hydrogens is 223 g/mol. The van der Waals surface area contributed by atoms with Gasteiger partial charge < -0.3 is 9.47 Å². The molecule has 90 valence electrons. The summed E-state index contributed by atoms with van der Waals surface area (Å²) in [5, 5.41) is 0. The van der Waals surface area contributed by atoms with Gasteiger partial charge in [0.05, 0.1) is 12.7 Å². The summed E-state index contributed by atoms with van der Waals surface area (Å²) in [4.78, 5) is 10.8. The van der Waals surface area contributed by atoms with Crippen molar-refractivity contribution >= 4 is 5.97 Å². The van der Waals surface area contributed by atoms with Crippen LogP contribution in [0.4, 0.5) is 4.39 Å². The SMILES string of the molecule is CCC(=O)OCC#Cc1cc(F)ccc1OC. The molecule has 0 bridgehead atoms. The summed E-state index contributed by atoms with van der Waals surface area (Å²) in [6.07, 6.45) is 0.310. The zero-order chi connectivity index (χ0) is 12.7. The van der Waals surface area contributed by atoms with Crippen molar-refractivity contribution in [2.45, 2.75) is 13.3 Å². The van der Waals surface area contributed by atoms with E-state index in [0.29, 0.717) is 17.7 Å². The monoisotopic (exact) mass is 236 g/mol. The Hall–Kier alpha value is -2.02. The zero-order valence-corrected chi connectivity index (χ0v) is 9.75. The van der Waals surface area contributed by atoms with E-state index in [1.165, 1.54) is 25.3 Å². The summed E-state index contributed by atoms with van der Waals surface area (Å²) < 4.78 is 22.8. The third-order valence-corrected chi connectivity index (χ3v) is 1.98. The second-order valence-corrected chi connectivity index (χ2v) is 3.16. The van der Waals surface area contributed by atoms with E-state index >= 15 is 0 Å². The Kier molecular flexibility index (Phi) is 5.02. The minimum Gasteiger partial charge on any atom is -0.495 e. The maximum absolute atomic E-state index is 13.0. The molecule has 0 radical (unpaired) electrons. The average Bonchev–Trinajstić information content (AvgIpc) is 2.34. The molecule has 17 heavy (non-hydrogen) atoms. The Morgan fingerprint density at radius 3 is 2.88 bits per heavy atom. The van der Waals surface area contributed by atoms with Gasteiger partial charge in [0.15, 0.2) is 6.61 Å². The van der Waals surface area contributed by atoms with Gasteiger partial charge in [0.2, 0.25) is 0 Å². The van der Waals surface area contributed by atoms with Crippen LogP contribution in [0.5, 0.6) is 5.75 Å². The van der Waals surface area contributed by atoms with Crippen molar-refractivity contribution in [3.8, 4) is 17.6 Å². The predicted molar refractivity (Wildman–Crippen MR) is 61.1 cm³/mol. The third kappa shape index (κ3) is 4.15. The van der Waals surface area contributed by atoms with Crippen LogP contribution in [-0.2, 0) is 9.53 Å². The van der Waals surface area contributed by atoms with Gasteiger partial charge in [-0.05, 0) is 18.2 Å². The lowest BCUT2D eigenvalue weighted by Crippen LogP contribution is -2.01. The summed E-state index contributed by atoms with van der Waals surface area (Å²) >= 11 is 0. The normalized spacial score (nSPS) is 9.12. The van der Waals surface area contributed by atoms with Gasteiger partial charge in [0.25, 0.3) is 0 Å². The van der Waals surface area contributed by atoms with E-state index < -0.39 is 0 Å². The number of carbonyl (C=O) groups is 1. The van der Waals surface area contributed by atoms with Gasteiger partial charge in [0.1, 0.15) is 11.6 Å². The number of halogens is 1. The number of ether oxygens (including phenoxy) is 2. The van der Waals surface area contributed by atoms with Crippen LogP contribution in [0.25, 0.3) is 0 Å². The number of carbonyl (C=O) groups excluding carboxylic acids is 1. The molecule has 4 heteroatoms. The van der Waals surface area contributed by atoms with Gasteiger partial charge in [-0.2, -0.15) is 0 Å². The van der Waals surface area contributed by atoms with Gasteiger partial charge in [-0.15, -0.1) is 0 Å². The number of hydrogen-bond donors (Lipinski definition) is 0. The quantitative estimate of drug-likeness (QED) is 0.595. The molecule has 0 heterocycles. The van der Waals surface area contributed by atoms with Crippen LogP contribution in [0.15, 0.2) is 18.2 Å². The molecule has 0 aliphatic carbocycles.